The maximum Gasteiger partial charge on any atom is 0.134 e. The Morgan fingerprint density at radius 3 is 2.00 bits per heavy atom. The summed E-state index contributed by atoms with van der Waals surface area (Å²) in [6.45, 7) is 3.36. The summed E-state index contributed by atoms with van der Waals surface area (Å²) in [5.74, 6) is -1.02. The van der Waals surface area contributed by atoms with E-state index in [9.17, 15) is 17.6 Å². The second-order valence-electron chi connectivity index (χ2n) is 9.05. The van der Waals surface area contributed by atoms with Crippen molar-refractivity contribution in [2.24, 2.45) is 17.8 Å². The maximum absolute atomic E-state index is 14.9. The minimum Gasteiger partial charge on any atom is -0.207 e. The predicted octanol–water partition coefficient (Wildman–Crippen LogP) is 8.09. The number of rotatable bonds is 3. The number of benzene rings is 2. The van der Waals surface area contributed by atoms with Gasteiger partial charge in [0.05, 0.1) is 5.56 Å². The van der Waals surface area contributed by atoms with Crippen LogP contribution in [-0.4, -0.2) is 0 Å². The van der Waals surface area contributed by atoms with Gasteiger partial charge in [-0.1, -0.05) is 12.2 Å². The van der Waals surface area contributed by atoms with Crippen molar-refractivity contribution >= 4 is 0 Å². The molecule has 0 heterocycles. The standard InChI is InChI=1S/C26H28F4/c1-3-4-16-5-6-18-10-19(8-7-17(18)9-16)20-11-24(29)26(25(30)12-20)21-13-22(27)15(2)23(28)14-21/h3-4,11-14,16-19H,5-10H2,1-2H3/b4-3+. The summed E-state index contributed by atoms with van der Waals surface area (Å²) in [4.78, 5) is 0. The Morgan fingerprint density at radius 1 is 0.767 bits per heavy atom. The van der Waals surface area contributed by atoms with Crippen molar-refractivity contribution in [2.75, 3.05) is 0 Å². The van der Waals surface area contributed by atoms with Crippen molar-refractivity contribution in [3.05, 3.63) is 70.8 Å². The normalized spacial score (nSPS) is 26.7. The van der Waals surface area contributed by atoms with Crippen molar-refractivity contribution in [1.82, 2.24) is 0 Å². The van der Waals surface area contributed by atoms with Crippen LogP contribution in [0, 0.1) is 47.9 Å². The molecule has 2 fully saturated rings. The molecule has 2 aromatic rings. The van der Waals surface area contributed by atoms with Crippen LogP contribution in [0.1, 0.15) is 62.5 Å². The molecule has 2 saturated carbocycles. The highest BCUT2D eigenvalue weighted by Gasteiger charge is 2.35. The Hall–Kier alpha value is -2.10. The summed E-state index contributed by atoms with van der Waals surface area (Å²) in [5.41, 5.74) is 0.0354. The molecule has 4 unspecified atom stereocenters. The van der Waals surface area contributed by atoms with Gasteiger partial charge in [-0.3, -0.25) is 0 Å². The van der Waals surface area contributed by atoms with Gasteiger partial charge in [-0.15, -0.1) is 0 Å². The first-order valence-electron chi connectivity index (χ1n) is 10.9. The van der Waals surface area contributed by atoms with Crippen molar-refractivity contribution in [1.29, 1.82) is 0 Å². The fraction of sp³-hybridized carbons (Fsp3) is 0.462. The van der Waals surface area contributed by atoms with Gasteiger partial charge in [0.15, 0.2) is 0 Å². The quantitative estimate of drug-likeness (QED) is 0.350. The summed E-state index contributed by atoms with van der Waals surface area (Å²) < 4.78 is 57.6. The van der Waals surface area contributed by atoms with Crippen molar-refractivity contribution in [2.45, 2.75) is 58.3 Å². The van der Waals surface area contributed by atoms with Crippen molar-refractivity contribution in [3.63, 3.8) is 0 Å². The molecule has 2 aliphatic carbocycles. The van der Waals surface area contributed by atoms with Crippen LogP contribution in [0.15, 0.2) is 36.4 Å². The SMILES string of the molecule is C/C=C/C1CCC2CC(c3cc(F)c(-c4cc(F)c(C)c(F)c4)c(F)c3)CCC2C1. The van der Waals surface area contributed by atoms with Crippen LogP contribution in [0.5, 0.6) is 0 Å². The van der Waals surface area contributed by atoms with Crippen LogP contribution in [-0.2, 0) is 0 Å². The summed E-state index contributed by atoms with van der Waals surface area (Å²) in [7, 11) is 0. The van der Waals surface area contributed by atoms with Crippen LogP contribution in [0.25, 0.3) is 11.1 Å². The fourth-order valence-corrected chi connectivity index (χ4v) is 5.57. The average molecular weight is 417 g/mol. The highest BCUT2D eigenvalue weighted by molar-refractivity contribution is 5.66. The second kappa shape index (κ2) is 8.56. The lowest BCUT2D eigenvalue weighted by Gasteiger charge is -2.42. The number of hydrogen-bond acceptors (Lipinski definition) is 0. The molecule has 30 heavy (non-hydrogen) atoms. The molecule has 2 aromatic carbocycles. The summed E-state index contributed by atoms with van der Waals surface area (Å²) in [6, 6.07) is 4.72. The predicted molar refractivity (Wildman–Crippen MR) is 112 cm³/mol. The van der Waals surface area contributed by atoms with Gasteiger partial charge in [-0.05, 0) is 111 Å². The van der Waals surface area contributed by atoms with Gasteiger partial charge in [0.25, 0.3) is 0 Å². The lowest BCUT2D eigenvalue weighted by atomic mass is 9.64. The Balaban J connectivity index is 1.56. The molecular formula is C26H28F4. The van der Waals surface area contributed by atoms with Gasteiger partial charge in [-0.2, -0.15) is 0 Å². The molecule has 0 nitrogen and oxygen atoms in total. The van der Waals surface area contributed by atoms with E-state index in [1.54, 1.807) is 0 Å². The zero-order valence-corrected chi connectivity index (χ0v) is 17.5. The molecule has 0 spiro atoms. The van der Waals surface area contributed by atoms with E-state index in [-0.39, 0.29) is 22.6 Å². The molecule has 4 rings (SSSR count). The smallest absolute Gasteiger partial charge is 0.134 e. The molecule has 160 valence electrons. The molecule has 0 amide bonds. The van der Waals surface area contributed by atoms with Gasteiger partial charge >= 0.3 is 0 Å². The van der Waals surface area contributed by atoms with E-state index in [0.717, 1.165) is 31.4 Å². The second-order valence-corrected chi connectivity index (χ2v) is 9.05. The molecule has 4 atom stereocenters. The van der Waals surface area contributed by atoms with Gasteiger partial charge in [0.2, 0.25) is 0 Å². The van der Waals surface area contributed by atoms with Gasteiger partial charge in [-0.25, -0.2) is 17.6 Å². The summed E-state index contributed by atoms with van der Waals surface area (Å²) in [6.07, 6.45) is 11.0. The van der Waals surface area contributed by atoms with E-state index in [1.807, 2.05) is 0 Å². The van der Waals surface area contributed by atoms with E-state index in [4.69, 9.17) is 0 Å². The van der Waals surface area contributed by atoms with Gasteiger partial charge in [0.1, 0.15) is 23.3 Å². The first kappa shape index (κ1) is 21.1. The number of fused-ring (bicyclic) bond motifs is 1. The molecule has 0 bridgehead atoms. The third-order valence-electron chi connectivity index (χ3n) is 7.22. The third kappa shape index (κ3) is 4.06. The number of hydrogen-bond donors (Lipinski definition) is 0. The Kier molecular flexibility index (Phi) is 6.04. The zero-order chi connectivity index (χ0) is 21.4. The van der Waals surface area contributed by atoms with Crippen LogP contribution in [0.2, 0.25) is 0 Å². The first-order valence-corrected chi connectivity index (χ1v) is 10.9. The maximum atomic E-state index is 14.9. The Morgan fingerprint density at radius 2 is 1.37 bits per heavy atom. The Bertz CT molecular complexity index is 915. The van der Waals surface area contributed by atoms with E-state index >= 15 is 0 Å². The highest BCUT2D eigenvalue weighted by atomic mass is 19.1. The summed E-state index contributed by atoms with van der Waals surface area (Å²) in [5, 5.41) is 0. The van der Waals surface area contributed by atoms with Gasteiger partial charge < -0.3 is 0 Å². The lowest BCUT2D eigenvalue weighted by molar-refractivity contribution is 0.133. The molecule has 0 saturated heterocycles. The molecule has 4 heteroatoms. The van der Waals surface area contributed by atoms with E-state index in [0.29, 0.717) is 23.3 Å². The third-order valence-corrected chi connectivity index (χ3v) is 7.22. The molecular weight excluding hydrogens is 388 g/mol. The largest absolute Gasteiger partial charge is 0.207 e. The van der Waals surface area contributed by atoms with Crippen LogP contribution >= 0.6 is 0 Å². The fourth-order valence-electron chi connectivity index (χ4n) is 5.57. The monoisotopic (exact) mass is 416 g/mol. The average Bonchev–Trinajstić information content (AvgIpc) is 2.71. The molecule has 0 aliphatic heterocycles. The lowest BCUT2D eigenvalue weighted by Crippen LogP contribution is -2.30. The van der Waals surface area contributed by atoms with Crippen LogP contribution in [0.4, 0.5) is 17.6 Å². The molecule has 2 aliphatic rings. The zero-order valence-electron chi connectivity index (χ0n) is 17.5. The van der Waals surface area contributed by atoms with E-state index < -0.39 is 23.3 Å². The topological polar surface area (TPSA) is 0 Å². The van der Waals surface area contributed by atoms with E-state index in [2.05, 4.69) is 19.1 Å². The number of allylic oxidation sites excluding steroid dienone is 2. The molecule has 0 N–H and O–H groups in total. The molecule has 0 radical (unpaired) electrons. The van der Waals surface area contributed by atoms with Crippen molar-refractivity contribution < 1.29 is 17.6 Å². The van der Waals surface area contributed by atoms with Crippen LogP contribution < -0.4 is 0 Å². The minimum atomic E-state index is -0.806. The van der Waals surface area contributed by atoms with Crippen molar-refractivity contribution in [3.8, 4) is 11.1 Å². The highest BCUT2D eigenvalue weighted by Crippen LogP contribution is 2.48. The minimum absolute atomic E-state index is 0.108. The number of halogens is 4. The first-order chi connectivity index (χ1) is 14.4. The van der Waals surface area contributed by atoms with Crippen LogP contribution in [0.3, 0.4) is 0 Å². The van der Waals surface area contributed by atoms with Gasteiger partial charge in [0, 0.05) is 5.56 Å². The Labute approximate surface area is 176 Å². The summed E-state index contributed by atoms with van der Waals surface area (Å²) >= 11 is 0. The van der Waals surface area contributed by atoms with E-state index in [1.165, 1.54) is 38.3 Å². The molecule has 0 aromatic heterocycles.